The Kier molecular flexibility index (Phi) is 19.2. The van der Waals surface area contributed by atoms with Crippen molar-refractivity contribution in [2.45, 2.75) is 172 Å². The standard InChI is InChI=1S/C28H57NO8/c1-20(29)22(31)17-15-13-11-9-7-5-3-4-6-8-10-12-14-16-18-23(32)21(2)36-28-27(35)26(34)25(33)24(19-30)37-28/h20-28,30-35H,3-19,29H2,1-2H3/t20-,21-,22-,23-,24-,25-,26+,27-,28-/m0/s1. The van der Waals surface area contributed by atoms with E-state index in [4.69, 9.17) is 15.2 Å². The first kappa shape index (κ1) is 34.7. The highest BCUT2D eigenvalue weighted by Gasteiger charge is 2.44. The van der Waals surface area contributed by atoms with E-state index in [9.17, 15) is 30.6 Å². The fourth-order valence-electron chi connectivity index (χ4n) is 4.81. The maximum Gasteiger partial charge on any atom is 0.187 e. The first-order chi connectivity index (χ1) is 17.7. The van der Waals surface area contributed by atoms with Crippen LogP contribution in [0.3, 0.4) is 0 Å². The van der Waals surface area contributed by atoms with Crippen LogP contribution in [0.15, 0.2) is 0 Å². The minimum absolute atomic E-state index is 0.127. The van der Waals surface area contributed by atoms with Crippen molar-refractivity contribution in [3.8, 4) is 0 Å². The number of ether oxygens (including phenoxy) is 2. The van der Waals surface area contributed by atoms with Gasteiger partial charge in [0.15, 0.2) is 6.29 Å². The summed E-state index contributed by atoms with van der Waals surface area (Å²) in [6.07, 6.45) is 9.91. The summed E-state index contributed by atoms with van der Waals surface area (Å²) >= 11 is 0. The van der Waals surface area contributed by atoms with Crippen LogP contribution >= 0.6 is 0 Å². The van der Waals surface area contributed by atoms with Gasteiger partial charge in [0.25, 0.3) is 0 Å². The van der Waals surface area contributed by atoms with Crippen LogP contribution in [-0.4, -0.2) is 92.3 Å². The second kappa shape index (κ2) is 20.5. The van der Waals surface area contributed by atoms with Crippen LogP contribution in [0.4, 0.5) is 0 Å². The van der Waals surface area contributed by atoms with Crippen molar-refractivity contribution in [1.82, 2.24) is 0 Å². The molecule has 0 spiro atoms. The van der Waals surface area contributed by atoms with Gasteiger partial charge in [-0.05, 0) is 26.7 Å². The largest absolute Gasteiger partial charge is 0.394 e. The van der Waals surface area contributed by atoms with Crippen molar-refractivity contribution < 1.29 is 40.1 Å². The van der Waals surface area contributed by atoms with Gasteiger partial charge in [0.2, 0.25) is 0 Å². The fourth-order valence-corrected chi connectivity index (χ4v) is 4.81. The smallest absolute Gasteiger partial charge is 0.187 e. The molecule has 0 aliphatic carbocycles. The summed E-state index contributed by atoms with van der Waals surface area (Å²) in [5.41, 5.74) is 5.67. The molecule has 9 atom stereocenters. The minimum atomic E-state index is -1.48. The molecule has 0 bridgehead atoms. The topological polar surface area (TPSA) is 166 Å². The molecule has 9 heteroatoms. The molecule has 1 aliphatic heterocycles. The van der Waals surface area contributed by atoms with Gasteiger partial charge in [0.1, 0.15) is 24.4 Å². The predicted octanol–water partition coefficient (Wildman–Crippen LogP) is 2.50. The van der Waals surface area contributed by atoms with Crippen molar-refractivity contribution in [2.24, 2.45) is 5.73 Å². The third-order valence-corrected chi connectivity index (χ3v) is 7.60. The van der Waals surface area contributed by atoms with E-state index in [0.29, 0.717) is 6.42 Å². The second-order valence-electron chi connectivity index (χ2n) is 11.1. The first-order valence-electron chi connectivity index (χ1n) is 14.8. The molecule has 0 aromatic rings. The molecule has 1 saturated heterocycles. The average Bonchev–Trinajstić information content (AvgIpc) is 2.88. The zero-order chi connectivity index (χ0) is 27.6. The molecule has 0 amide bonds. The molecule has 0 aromatic heterocycles. The van der Waals surface area contributed by atoms with E-state index in [2.05, 4.69) is 0 Å². The molecule has 0 saturated carbocycles. The summed E-state index contributed by atoms with van der Waals surface area (Å²) in [7, 11) is 0. The lowest BCUT2D eigenvalue weighted by Crippen LogP contribution is -2.60. The van der Waals surface area contributed by atoms with E-state index < -0.39 is 49.5 Å². The molecular weight excluding hydrogens is 478 g/mol. The molecule has 1 fully saturated rings. The van der Waals surface area contributed by atoms with Crippen molar-refractivity contribution >= 4 is 0 Å². The van der Waals surface area contributed by atoms with E-state index in [0.717, 1.165) is 32.1 Å². The molecule has 0 aromatic carbocycles. The number of aliphatic hydroxyl groups excluding tert-OH is 6. The van der Waals surface area contributed by atoms with E-state index in [1.165, 1.54) is 64.2 Å². The van der Waals surface area contributed by atoms with Crippen molar-refractivity contribution in [3.63, 3.8) is 0 Å². The predicted molar refractivity (Wildman–Crippen MR) is 144 cm³/mol. The fraction of sp³-hybridized carbons (Fsp3) is 1.00. The third kappa shape index (κ3) is 14.6. The number of nitrogens with two attached hydrogens (primary N) is 1. The van der Waals surface area contributed by atoms with E-state index >= 15 is 0 Å². The van der Waals surface area contributed by atoms with Crippen LogP contribution in [0.1, 0.15) is 117 Å². The molecule has 9 nitrogen and oxygen atoms in total. The normalized spacial score (nSPS) is 27.6. The summed E-state index contributed by atoms with van der Waals surface area (Å²) in [5, 5.41) is 59.1. The lowest BCUT2D eigenvalue weighted by Gasteiger charge is -2.41. The maximum absolute atomic E-state index is 10.4. The van der Waals surface area contributed by atoms with Gasteiger partial charge in [-0.15, -0.1) is 0 Å². The Morgan fingerprint density at radius 2 is 1.05 bits per heavy atom. The van der Waals surface area contributed by atoms with Crippen LogP contribution in [0.2, 0.25) is 0 Å². The van der Waals surface area contributed by atoms with Gasteiger partial charge in [-0.2, -0.15) is 0 Å². The Balaban J connectivity index is 1.94. The van der Waals surface area contributed by atoms with Gasteiger partial charge in [0, 0.05) is 6.04 Å². The van der Waals surface area contributed by atoms with Crippen LogP contribution in [-0.2, 0) is 9.47 Å². The van der Waals surface area contributed by atoms with E-state index in [1.54, 1.807) is 6.92 Å². The van der Waals surface area contributed by atoms with Crippen LogP contribution in [0.25, 0.3) is 0 Å². The van der Waals surface area contributed by atoms with Gasteiger partial charge < -0.3 is 45.8 Å². The Morgan fingerprint density at radius 1 is 0.649 bits per heavy atom. The molecule has 37 heavy (non-hydrogen) atoms. The highest BCUT2D eigenvalue weighted by atomic mass is 16.7. The number of hydrogen-bond donors (Lipinski definition) is 7. The SMILES string of the molecule is C[C@H](N)[C@@H](O)CCCCCCCCCCCCCCCC[C@H](O)[C@H](C)O[C@H]1O[C@@H](CO)[C@H](O)[C@@H](O)[C@@H]1O. The number of rotatable bonds is 22. The van der Waals surface area contributed by atoms with E-state index in [-0.39, 0.29) is 12.1 Å². The Hall–Kier alpha value is -0.360. The van der Waals surface area contributed by atoms with Crippen LogP contribution < -0.4 is 5.73 Å². The molecule has 222 valence electrons. The lowest BCUT2D eigenvalue weighted by molar-refractivity contribution is -0.315. The molecule has 8 N–H and O–H groups in total. The summed E-state index contributed by atoms with van der Waals surface area (Å²) < 4.78 is 10.9. The van der Waals surface area contributed by atoms with Gasteiger partial charge >= 0.3 is 0 Å². The zero-order valence-corrected chi connectivity index (χ0v) is 23.3. The van der Waals surface area contributed by atoms with E-state index in [1.807, 2.05) is 6.92 Å². The molecule has 1 rings (SSSR count). The quantitative estimate of drug-likeness (QED) is 0.103. The number of hydrogen-bond acceptors (Lipinski definition) is 9. The van der Waals surface area contributed by atoms with Gasteiger partial charge in [-0.3, -0.25) is 0 Å². The van der Waals surface area contributed by atoms with Gasteiger partial charge in [0.05, 0.1) is 24.9 Å². The molecular formula is C28H57NO8. The number of unbranched alkanes of at least 4 members (excludes halogenated alkanes) is 13. The highest BCUT2D eigenvalue weighted by molar-refractivity contribution is 4.89. The van der Waals surface area contributed by atoms with Crippen molar-refractivity contribution in [2.75, 3.05) is 6.61 Å². The molecule has 1 aliphatic rings. The molecule has 0 radical (unpaired) electrons. The second-order valence-corrected chi connectivity index (χ2v) is 11.1. The summed E-state index contributed by atoms with van der Waals surface area (Å²) in [4.78, 5) is 0. The average molecular weight is 536 g/mol. The summed E-state index contributed by atoms with van der Waals surface area (Å²) in [6.45, 7) is 3.03. The van der Waals surface area contributed by atoms with Gasteiger partial charge in [-0.1, -0.05) is 89.9 Å². The maximum atomic E-state index is 10.4. The Morgan fingerprint density at radius 3 is 1.46 bits per heavy atom. The first-order valence-corrected chi connectivity index (χ1v) is 14.8. The summed E-state index contributed by atoms with van der Waals surface area (Å²) in [5.74, 6) is 0. The molecule has 0 unspecified atom stereocenters. The summed E-state index contributed by atoms with van der Waals surface area (Å²) in [6, 6.07) is -0.127. The van der Waals surface area contributed by atoms with Crippen LogP contribution in [0, 0.1) is 0 Å². The third-order valence-electron chi connectivity index (χ3n) is 7.60. The van der Waals surface area contributed by atoms with Gasteiger partial charge in [-0.25, -0.2) is 0 Å². The highest BCUT2D eigenvalue weighted by Crippen LogP contribution is 2.24. The Bertz CT molecular complexity index is 538. The molecule has 1 heterocycles. The van der Waals surface area contributed by atoms with Crippen LogP contribution in [0.5, 0.6) is 0 Å². The van der Waals surface area contributed by atoms with Crippen molar-refractivity contribution in [1.29, 1.82) is 0 Å². The Labute approximate surface area is 224 Å². The van der Waals surface area contributed by atoms with Crippen molar-refractivity contribution in [3.05, 3.63) is 0 Å². The monoisotopic (exact) mass is 535 g/mol. The minimum Gasteiger partial charge on any atom is -0.394 e. The lowest BCUT2D eigenvalue weighted by atomic mass is 9.99. The number of aliphatic hydroxyl groups is 6. The zero-order valence-electron chi connectivity index (χ0n) is 23.3.